The lowest BCUT2D eigenvalue weighted by Gasteiger charge is -2.17. The SMILES string of the molecule is Cc1cc(C)n(Cc2cccc(C(=O)OCC(C)(C)C)c2)n1. The second-order valence-corrected chi connectivity index (χ2v) is 6.92. The molecule has 0 aliphatic rings. The number of hydrogen-bond donors (Lipinski definition) is 0. The Kier molecular flexibility index (Phi) is 4.69. The molecule has 0 atom stereocenters. The maximum Gasteiger partial charge on any atom is 0.338 e. The Hall–Kier alpha value is -2.10. The first-order valence-electron chi connectivity index (χ1n) is 7.52. The molecule has 118 valence electrons. The number of hydrogen-bond acceptors (Lipinski definition) is 3. The van der Waals surface area contributed by atoms with Gasteiger partial charge in [0.2, 0.25) is 0 Å². The van der Waals surface area contributed by atoms with Gasteiger partial charge in [0.1, 0.15) is 0 Å². The Balaban J connectivity index is 2.09. The molecule has 0 radical (unpaired) electrons. The zero-order valence-corrected chi connectivity index (χ0v) is 14.0. The summed E-state index contributed by atoms with van der Waals surface area (Å²) in [6.07, 6.45) is 0. The minimum atomic E-state index is -0.273. The largest absolute Gasteiger partial charge is 0.462 e. The summed E-state index contributed by atoms with van der Waals surface area (Å²) in [7, 11) is 0. The van der Waals surface area contributed by atoms with Crippen molar-refractivity contribution in [1.29, 1.82) is 0 Å². The van der Waals surface area contributed by atoms with E-state index < -0.39 is 0 Å². The van der Waals surface area contributed by atoms with Gasteiger partial charge in [0, 0.05) is 5.69 Å². The number of benzene rings is 1. The minimum absolute atomic E-state index is 0.0308. The highest BCUT2D eigenvalue weighted by atomic mass is 16.5. The van der Waals surface area contributed by atoms with E-state index in [9.17, 15) is 4.79 Å². The molecule has 0 bridgehead atoms. The van der Waals surface area contributed by atoms with Gasteiger partial charge < -0.3 is 4.74 Å². The Bertz CT molecular complexity index is 666. The van der Waals surface area contributed by atoms with Crippen molar-refractivity contribution in [1.82, 2.24) is 9.78 Å². The molecule has 0 saturated carbocycles. The van der Waals surface area contributed by atoms with Crippen molar-refractivity contribution in [3.05, 3.63) is 52.8 Å². The molecule has 0 amide bonds. The zero-order chi connectivity index (χ0) is 16.3. The number of ether oxygens (including phenoxy) is 1. The molecule has 0 spiro atoms. The lowest BCUT2D eigenvalue weighted by molar-refractivity contribution is 0.0367. The summed E-state index contributed by atoms with van der Waals surface area (Å²) in [6.45, 7) is 11.2. The van der Waals surface area contributed by atoms with Gasteiger partial charge in [0.25, 0.3) is 0 Å². The molecule has 0 N–H and O–H groups in total. The predicted octanol–water partition coefficient (Wildman–Crippen LogP) is 3.75. The molecule has 2 rings (SSSR count). The third kappa shape index (κ3) is 4.45. The van der Waals surface area contributed by atoms with E-state index in [1.807, 2.05) is 63.6 Å². The highest BCUT2D eigenvalue weighted by Gasteiger charge is 2.15. The smallest absolute Gasteiger partial charge is 0.338 e. The van der Waals surface area contributed by atoms with Gasteiger partial charge in [-0.3, -0.25) is 4.68 Å². The summed E-state index contributed by atoms with van der Waals surface area (Å²) in [5.74, 6) is -0.273. The van der Waals surface area contributed by atoms with Crippen molar-refractivity contribution >= 4 is 5.97 Å². The lowest BCUT2D eigenvalue weighted by Crippen LogP contribution is -2.18. The first kappa shape index (κ1) is 16.3. The van der Waals surface area contributed by atoms with Crippen LogP contribution < -0.4 is 0 Å². The molecule has 1 aromatic heterocycles. The summed E-state index contributed by atoms with van der Waals surface area (Å²) in [5.41, 5.74) is 3.70. The van der Waals surface area contributed by atoms with Crippen LogP contribution in [0.2, 0.25) is 0 Å². The summed E-state index contributed by atoms with van der Waals surface area (Å²) in [4.78, 5) is 12.1. The van der Waals surface area contributed by atoms with Crippen LogP contribution in [0.15, 0.2) is 30.3 Å². The van der Waals surface area contributed by atoms with Crippen LogP contribution in [-0.4, -0.2) is 22.4 Å². The van der Waals surface area contributed by atoms with Gasteiger partial charge in [-0.1, -0.05) is 32.9 Å². The molecule has 2 aromatic rings. The first-order chi connectivity index (χ1) is 10.2. The highest BCUT2D eigenvalue weighted by molar-refractivity contribution is 5.89. The Labute approximate surface area is 132 Å². The first-order valence-corrected chi connectivity index (χ1v) is 7.52. The van der Waals surface area contributed by atoms with Gasteiger partial charge >= 0.3 is 5.97 Å². The molecule has 4 nitrogen and oxygen atoms in total. The average Bonchev–Trinajstić information content (AvgIpc) is 2.74. The van der Waals surface area contributed by atoms with Crippen molar-refractivity contribution in [3.8, 4) is 0 Å². The number of esters is 1. The zero-order valence-electron chi connectivity index (χ0n) is 14.0. The molecule has 0 unspecified atom stereocenters. The molecule has 4 heteroatoms. The van der Waals surface area contributed by atoms with E-state index in [1.165, 1.54) is 0 Å². The van der Waals surface area contributed by atoms with Crippen LogP contribution >= 0.6 is 0 Å². The Morgan fingerprint density at radius 2 is 1.95 bits per heavy atom. The normalized spacial score (nSPS) is 11.5. The number of aromatic nitrogens is 2. The molecule has 0 aliphatic heterocycles. The maximum absolute atomic E-state index is 12.1. The second-order valence-electron chi connectivity index (χ2n) is 6.92. The van der Waals surface area contributed by atoms with E-state index in [0.717, 1.165) is 17.0 Å². The number of carbonyl (C=O) groups is 1. The molecule has 22 heavy (non-hydrogen) atoms. The maximum atomic E-state index is 12.1. The number of nitrogens with zero attached hydrogens (tertiary/aromatic N) is 2. The van der Waals surface area contributed by atoms with Crippen molar-refractivity contribution in [2.45, 2.75) is 41.2 Å². The summed E-state index contributed by atoms with van der Waals surface area (Å²) in [5, 5.41) is 4.45. The van der Waals surface area contributed by atoms with Gasteiger partial charge in [-0.25, -0.2) is 4.79 Å². The Morgan fingerprint density at radius 1 is 1.23 bits per heavy atom. The van der Waals surface area contributed by atoms with E-state index in [2.05, 4.69) is 5.10 Å². The van der Waals surface area contributed by atoms with Gasteiger partial charge in [-0.15, -0.1) is 0 Å². The summed E-state index contributed by atoms with van der Waals surface area (Å²) >= 11 is 0. The van der Waals surface area contributed by atoms with Gasteiger partial charge in [-0.05, 0) is 43.0 Å². The Morgan fingerprint density at radius 3 is 2.55 bits per heavy atom. The summed E-state index contributed by atoms with van der Waals surface area (Å²) in [6, 6.07) is 9.59. The van der Waals surface area contributed by atoms with Gasteiger partial charge in [0.15, 0.2) is 0 Å². The number of aryl methyl sites for hydroxylation is 2. The van der Waals surface area contributed by atoms with Crippen LogP contribution in [0, 0.1) is 19.3 Å². The van der Waals surface area contributed by atoms with Crippen LogP contribution in [0.3, 0.4) is 0 Å². The van der Waals surface area contributed by atoms with E-state index in [-0.39, 0.29) is 11.4 Å². The molecule has 0 fully saturated rings. The quantitative estimate of drug-likeness (QED) is 0.808. The van der Waals surface area contributed by atoms with E-state index in [0.29, 0.717) is 18.7 Å². The van der Waals surface area contributed by atoms with E-state index in [4.69, 9.17) is 4.74 Å². The molecule has 1 heterocycles. The molecule has 0 aliphatic carbocycles. The van der Waals surface area contributed by atoms with Crippen LogP contribution in [0.1, 0.15) is 48.1 Å². The van der Waals surface area contributed by atoms with Gasteiger partial charge in [-0.2, -0.15) is 5.10 Å². The van der Waals surface area contributed by atoms with E-state index in [1.54, 1.807) is 6.07 Å². The standard InChI is InChI=1S/C18H24N2O2/c1-13-9-14(2)20(19-13)11-15-7-6-8-16(10-15)17(21)22-12-18(3,4)5/h6-10H,11-12H2,1-5H3. The summed E-state index contributed by atoms with van der Waals surface area (Å²) < 4.78 is 7.30. The fourth-order valence-electron chi connectivity index (χ4n) is 2.17. The van der Waals surface area contributed by atoms with Crippen molar-refractivity contribution in [3.63, 3.8) is 0 Å². The second kappa shape index (κ2) is 6.34. The van der Waals surface area contributed by atoms with Crippen LogP contribution in [0.5, 0.6) is 0 Å². The van der Waals surface area contributed by atoms with Gasteiger partial charge in [0.05, 0.1) is 24.4 Å². The molecular formula is C18H24N2O2. The highest BCUT2D eigenvalue weighted by Crippen LogP contribution is 2.15. The third-order valence-electron chi connectivity index (χ3n) is 3.23. The molecular weight excluding hydrogens is 276 g/mol. The van der Waals surface area contributed by atoms with E-state index >= 15 is 0 Å². The molecule has 1 aromatic carbocycles. The van der Waals surface area contributed by atoms with Crippen LogP contribution in [0.25, 0.3) is 0 Å². The fourth-order valence-corrected chi connectivity index (χ4v) is 2.17. The lowest BCUT2D eigenvalue weighted by atomic mass is 9.99. The third-order valence-corrected chi connectivity index (χ3v) is 3.23. The monoisotopic (exact) mass is 300 g/mol. The predicted molar refractivity (Wildman–Crippen MR) is 87.0 cm³/mol. The number of carbonyl (C=O) groups excluding carboxylic acids is 1. The van der Waals surface area contributed by atoms with Crippen LogP contribution in [-0.2, 0) is 11.3 Å². The topological polar surface area (TPSA) is 44.1 Å². The van der Waals surface area contributed by atoms with Crippen molar-refractivity contribution < 1.29 is 9.53 Å². The average molecular weight is 300 g/mol. The minimum Gasteiger partial charge on any atom is -0.462 e. The van der Waals surface area contributed by atoms with Crippen molar-refractivity contribution in [2.75, 3.05) is 6.61 Å². The fraction of sp³-hybridized carbons (Fsp3) is 0.444. The number of rotatable bonds is 4. The molecule has 0 saturated heterocycles. The van der Waals surface area contributed by atoms with Crippen molar-refractivity contribution in [2.24, 2.45) is 5.41 Å². The van der Waals surface area contributed by atoms with Crippen LogP contribution in [0.4, 0.5) is 0 Å².